The van der Waals surface area contributed by atoms with Gasteiger partial charge in [-0.15, -0.1) is 0 Å². The first kappa shape index (κ1) is 21.5. The molecule has 2 rings (SSSR count). The van der Waals surface area contributed by atoms with Gasteiger partial charge in [0.2, 0.25) is 12.7 Å². The van der Waals surface area contributed by atoms with Crippen LogP contribution in [0.15, 0.2) is 17.1 Å². The smallest absolute Gasteiger partial charge is 0.387 e. The number of ether oxygens (including phenoxy) is 3. The molecule has 0 aromatic heterocycles. The van der Waals surface area contributed by atoms with E-state index in [1.54, 1.807) is 6.07 Å². The Morgan fingerprint density at radius 1 is 1.18 bits per heavy atom. The second-order valence-electron chi connectivity index (χ2n) is 6.26. The highest BCUT2D eigenvalue weighted by atomic mass is 19.3. The number of carbonyl (C=O) groups is 1. The third-order valence-corrected chi connectivity index (χ3v) is 3.76. The highest BCUT2D eigenvalue weighted by molar-refractivity contribution is 5.80. The lowest BCUT2D eigenvalue weighted by Crippen LogP contribution is -2.42. The van der Waals surface area contributed by atoms with Gasteiger partial charge in [0.25, 0.3) is 0 Å². The molecule has 1 heterocycles. The fourth-order valence-electron chi connectivity index (χ4n) is 2.37. The van der Waals surface area contributed by atoms with Crippen molar-refractivity contribution in [1.82, 2.24) is 16.0 Å². The van der Waals surface area contributed by atoms with Crippen LogP contribution in [0.5, 0.6) is 17.2 Å². The van der Waals surface area contributed by atoms with Gasteiger partial charge in [-0.3, -0.25) is 4.79 Å². The molecule has 0 fully saturated rings. The predicted molar refractivity (Wildman–Crippen MR) is 99.9 cm³/mol. The minimum atomic E-state index is -2.96. The van der Waals surface area contributed by atoms with Gasteiger partial charge in [0.1, 0.15) is 5.75 Å². The highest BCUT2D eigenvalue weighted by Crippen LogP contribution is 2.38. The number of nitrogens with zero attached hydrogens (tertiary/aromatic N) is 1. The summed E-state index contributed by atoms with van der Waals surface area (Å²) in [5.74, 6) is 1.18. The van der Waals surface area contributed by atoms with Crippen LogP contribution in [0.25, 0.3) is 0 Å². The number of fused-ring (bicyclic) bond motifs is 1. The zero-order valence-electron chi connectivity index (χ0n) is 16.2. The van der Waals surface area contributed by atoms with Crippen LogP contribution in [0.3, 0.4) is 0 Å². The lowest BCUT2D eigenvalue weighted by Gasteiger charge is -2.14. The summed E-state index contributed by atoms with van der Waals surface area (Å²) in [5.41, 5.74) is 0.440. The number of nitrogens with one attached hydrogen (secondary N) is 3. The van der Waals surface area contributed by atoms with Crippen LogP contribution in [0.4, 0.5) is 8.78 Å². The Bertz CT molecular complexity index is 698. The van der Waals surface area contributed by atoms with Gasteiger partial charge in [-0.2, -0.15) is 8.78 Å². The van der Waals surface area contributed by atoms with E-state index in [1.807, 2.05) is 20.8 Å². The van der Waals surface area contributed by atoms with Crippen LogP contribution < -0.4 is 30.2 Å². The number of rotatable bonds is 9. The fourth-order valence-corrected chi connectivity index (χ4v) is 2.37. The van der Waals surface area contributed by atoms with E-state index >= 15 is 0 Å². The first-order chi connectivity index (χ1) is 13.4. The quantitative estimate of drug-likeness (QED) is 0.333. The van der Waals surface area contributed by atoms with Crippen molar-refractivity contribution < 1.29 is 27.8 Å². The van der Waals surface area contributed by atoms with Crippen molar-refractivity contribution >= 4 is 11.9 Å². The van der Waals surface area contributed by atoms with Crippen molar-refractivity contribution in [1.29, 1.82) is 0 Å². The maximum absolute atomic E-state index is 12.7. The average molecular weight is 400 g/mol. The predicted octanol–water partition coefficient (Wildman–Crippen LogP) is 1.84. The number of benzene rings is 1. The van der Waals surface area contributed by atoms with Crippen LogP contribution >= 0.6 is 0 Å². The van der Waals surface area contributed by atoms with Gasteiger partial charge in [-0.1, -0.05) is 13.8 Å². The lowest BCUT2D eigenvalue weighted by atomic mass is 10.1. The van der Waals surface area contributed by atoms with Gasteiger partial charge < -0.3 is 30.2 Å². The number of carbonyl (C=O) groups excluding carboxylic acids is 1. The van der Waals surface area contributed by atoms with Gasteiger partial charge in [0, 0.05) is 37.2 Å². The third-order valence-electron chi connectivity index (χ3n) is 3.76. The third kappa shape index (κ3) is 6.43. The number of guanidine groups is 1. The monoisotopic (exact) mass is 400 g/mol. The van der Waals surface area contributed by atoms with E-state index in [0.717, 1.165) is 0 Å². The SMILES string of the molecule is CCNC(=NCc1cc2c(cc1OC(F)F)OCO2)NCCNC(=O)C(C)C. The fraction of sp³-hybridized carbons (Fsp3) is 0.556. The van der Waals surface area contributed by atoms with E-state index in [2.05, 4.69) is 25.7 Å². The topological polar surface area (TPSA) is 93.2 Å². The molecule has 1 aromatic carbocycles. The summed E-state index contributed by atoms with van der Waals surface area (Å²) in [6, 6.07) is 2.96. The van der Waals surface area contributed by atoms with Crippen LogP contribution in [-0.2, 0) is 11.3 Å². The summed E-state index contributed by atoms with van der Waals surface area (Å²) in [7, 11) is 0. The zero-order chi connectivity index (χ0) is 20.5. The molecule has 0 saturated heterocycles. The number of hydrogen-bond acceptors (Lipinski definition) is 5. The van der Waals surface area contributed by atoms with Gasteiger partial charge in [-0.25, -0.2) is 4.99 Å². The molecule has 156 valence electrons. The first-order valence-corrected chi connectivity index (χ1v) is 9.08. The molecular formula is C18H26F2N4O4. The molecule has 0 unspecified atom stereocenters. The molecule has 0 spiro atoms. The molecule has 1 aromatic rings. The van der Waals surface area contributed by atoms with Crippen LogP contribution in [0.1, 0.15) is 26.3 Å². The Hall–Kier alpha value is -2.78. The van der Waals surface area contributed by atoms with E-state index in [0.29, 0.717) is 42.7 Å². The number of halogens is 2. The molecule has 10 heteroatoms. The van der Waals surface area contributed by atoms with Crippen LogP contribution in [0.2, 0.25) is 0 Å². The Kier molecular flexibility index (Phi) is 8.09. The Balaban J connectivity index is 2.02. The molecule has 3 N–H and O–H groups in total. The zero-order valence-corrected chi connectivity index (χ0v) is 16.2. The minimum Gasteiger partial charge on any atom is -0.454 e. The molecule has 0 atom stereocenters. The summed E-state index contributed by atoms with van der Waals surface area (Å²) in [6.07, 6.45) is 0. The molecule has 0 bridgehead atoms. The second kappa shape index (κ2) is 10.5. The molecule has 28 heavy (non-hydrogen) atoms. The van der Waals surface area contributed by atoms with Crippen molar-refractivity contribution in [3.8, 4) is 17.2 Å². The first-order valence-electron chi connectivity index (χ1n) is 9.08. The van der Waals surface area contributed by atoms with Gasteiger partial charge >= 0.3 is 6.61 Å². The van der Waals surface area contributed by atoms with E-state index in [4.69, 9.17) is 9.47 Å². The van der Waals surface area contributed by atoms with E-state index < -0.39 is 6.61 Å². The molecular weight excluding hydrogens is 374 g/mol. The summed E-state index contributed by atoms with van der Waals surface area (Å²) in [6.45, 7) is 4.22. The second-order valence-corrected chi connectivity index (χ2v) is 6.26. The Labute approximate surface area is 162 Å². The van der Waals surface area contributed by atoms with Crippen LogP contribution in [-0.4, -0.2) is 44.9 Å². The average Bonchev–Trinajstić information content (AvgIpc) is 3.09. The summed E-state index contributed by atoms with van der Waals surface area (Å²) in [5, 5.41) is 8.93. The molecule has 1 amide bonds. The number of hydrogen-bond donors (Lipinski definition) is 3. The van der Waals surface area contributed by atoms with Crippen molar-refractivity contribution in [2.75, 3.05) is 26.4 Å². The van der Waals surface area contributed by atoms with E-state index in [1.165, 1.54) is 6.07 Å². The lowest BCUT2D eigenvalue weighted by molar-refractivity contribution is -0.123. The molecule has 0 radical (unpaired) electrons. The standard InChI is InChI=1S/C18H26F2N4O4/c1-4-21-18(23-6-5-22-16(25)11(2)3)24-9-12-7-14-15(27-10-26-14)8-13(12)28-17(19)20/h7-8,11,17H,4-6,9-10H2,1-3H3,(H,22,25)(H2,21,23,24). The molecule has 1 aliphatic heterocycles. The van der Waals surface area contributed by atoms with Gasteiger partial charge in [0.05, 0.1) is 6.54 Å². The van der Waals surface area contributed by atoms with E-state index in [9.17, 15) is 13.6 Å². The largest absolute Gasteiger partial charge is 0.454 e. The number of alkyl halides is 2. The molecule has 1 aliphatic rings. The summed E-state index contributed by atoms with van der Waals surface area (Å²) in [4.78, 5) is 15.9. The van der Waals surface area contributed by atoms with Crippen molar-refractivity contribution in [3.63, 3.8) is 0 Å². The van der Waals surface area contributed by atoms with Gasteiger partial charge in [-0.05, 0) is 13.0 Å². The van der Waals surface area contributed by atoms with Crippen LogP contribution in [0, 0.1) is 5.92 Å². The molecule has 0 aliphatic carbocycles. The van der Waals surface area contributed by atoms with Crippen molar-refractivity contribution in [3.05, 3.63) is 17.7 Å². The maximum atomic E-state index is 12.7. The normalized spacial score (nSPS) is 13.0. The van der Waals surface area contributed by atoms with E-state index in [-0.39, 0.29) is 30.9 Å². The number of aliphatic imine (C=N–C) groups is 1. The number of amides is 1. The van der Waals surface area contributed by atoms with Crippen molar-refractivity contribution in [2.24, 2.45) is 10.9 Å². The Morgan fingerprint density at radius 3 is 2.50 bits per heavy atom. The van der Waals surface area contributed by atoms with Gasteiger partial charge in [0.15, 0.2) is 17.5 Å². The van der Waals surface area contributed by atoms with Crippen molar-refractivity contribution in [2.45, 2.75) is 33.9 Å². The maximum Gasteiger partial charge on any atom is 0.387 e. The molecule has 8 nitrogen and oxygen atoms in total. The summed E-state index contributed by atoms with van der Waals surface area (Å²) >= 11 is 0. The summed E-state index contributed by atoms with van der Waals surface area (Å²) < 4.78 is 40.5. The minimum absolute atomic E-state index is 0.0111. The highest BCUT2D eigenvalue weighted by Gasteiger charge is 2.20. The Morgan fingerprint density at radius 2 is 1.86 bits per heavy atom. The molecule has 0 saturated carbocycles.